The third-order valence-corrected chi connectivity index (χ3v) is 3.62. The van der Waals surface area contributed by atoms with Gasteiger partial charge in [-0.25, -0.2) is 0 Å². The van der Waals surface area contributed by atoms with E-state index in [9.17, 15) is 15.0 Å². The van der Waals surface area contributed by atoms with Crippen molar-refractivity contribution >= 4 is 17.6 Å². The second kappa shape index (κ2) is 4.67. The molecule has 0 saturated carbocycles. The molecule has 4 heteroatoms. The average Bonchev–Trinajstić information content (AvgIpc) is 2.27. The number of carboxylic acid groups (broad SMARTS) is 1. The lowest BCUT2D eigenvalue weighted by molar-refractivity contribution is -0.167. The van der Waals surface area contributed by atoms with Crippen LogP contribution in [0.1, 0.15) is 32.8 Å². The summed E-state index contributed by atoms with van der Waals surface area (Å²) in [6.45, 7) is 4.78. The summed E-state index contributed by atoms with van der Waals surface area (Å²) in [6, 6.07) is 6.70. The average molecular weight is 257 g/mol. The molecule has 0 aromatic heterocycles. The number of benzene rings is 1. The van der Waals surface area contributed by atoms with Crippen molar-refractivity contribution in [3.8, 4) is 0 Å². The van der Waals surface area contributed by atoms with Crippen molar-refractivity contribution in [2.45, 2.75) is 32.8 Å². The van der Waals surface area contributed by atoms with Crippen LogP contribution in [-0.2, 0) is 10.4 Å². The van der Waals surface area contributed by atoms with Crippen molar-refractivity contribution in [2.75, 3.05) is 0 Å². The summed E-state index contributed by atoms with van der Waals surface area (Å²) in [6.07, 6.45) is 0.298. The summed E-state index contributed by atoms with van der Waals surface area (Å²) in [7, 11) is 0. The second-order valence-electron chi connectivity index (χ2n) is 4.65. The second-order valence-corrected chi connectivity index (χ2v) is 5.09. The highest BCUT2D eigenvalue weighted by Crippen LogP contribution is 2.43. The molecule has 1 aromatic rings. The maximum Gasteiger partial charge on any atom is 0.312 e. The smallest absolute Gasteiger partial charge is 0.312 e. The van der Waals surface area contributed by atoms with Crippen molar-refractivity contribution in [1.82, 2.24) is 0 Å². The summed E-state index contributed by atoms with van der Waals surface area (Å²) in [5.74, 6) is -1.04. The molecule has 0 bridgehead atoms. The minimum absolute atomic E-state index is 0.298. The van der Waals surface area contributed by atoms with Gasteiger partial charge in [0.1, 0.15) is 5.60 Å². The van der Waals surface area contributed by atoms with Crippen LogP contribution in [-0.4, -0.2) is 16.2 Å². The fourth-order valence-electron chi connectivity index (χ4n) is 1.93. The summed E-state index contributed by atoms with van der Waals surface area (Å²) in [4.78, 5) is 11.3. The number of aliphatic hydroxyl groups is 1. The predicted molar refractivity (Wildman–Crippen MR) is 67.1 cm³/mol. The monoisotopic (exact) mass is 256 g/mol. The third kappa shape index (κ3) is 2.31. The maximum absolute atomic E-state index is 11.3. The number of halogens is 1. The van der Waals surface area contributed by atoms with Crippen LogP contribution in [0.15, 0.2) is 24.3 Å². The standard InChI is InChI=1S/C13H17ClO3/c1-4-13(17,12(2,3)11(15)16)9-6-5-7-10(14)8-9/h5-8,17H,4H2,1-3H3,(H,15,16). The molecule has 0 fully saturated rings. The van der Waals surface area contributed by atoms with Crippen LogP contribution < -0.4 is 0 Å². The molecule has 17 heavy (non-hydrogen) atoms. The number of carbonyl (C=O) groups is 1. The highest BCUT2D eigenvalue weighted by Gasteiger charge is 2.49. The van der Waals surface area contributed by atoms with Crippen molar-refractivity contribution in [1.29, 1.82) is 0 Å². The van der Waals surface area contributed by atoms with Gasteiger partial charge in [-0.3, -0.25) is 4.79 Å². The fraction of sp³-hybridized carbons (Fsp3) is 0.462. The van der Waals surface area contributed by atoms with Gasteiger partial charge in [-0.2, -0.15) is 0 Å². The third-order valence-electron chi connectivity index (χ3n) is 3.38. The molecular formula is C13H17ClO3. The number of carboxylic acids is 1. The fourth-order valence-corrected chi connectivity index (χ4v) is 2.12. The molecule has 0 aliphatic heterocycles. The zero-order valence-electron chi connectivity index (χ0n) is 10.2. The van der Waals surface area contributed by atoms with Crippen LogP contribution in [0.4, 0.5) is 0 Å². The lowest BCUT2D eigenvalue weighted by Crippen LogP contribution is -2.46. The van der Waals surface area contributed by atoms with Crippen molar-refractivity contribution in [3.05, 3.63) is 34.9 Å². The molecule has 0 spiro atoms. The van der Waals surface area contributed by atoms with Gasteiger partial charge in [0.25, 0.3) is 0 Å². The molecular weight excluding hydrogens is 240 g/mol. The van der Waals surface area contributed by atoms with Crippen LogP contribution in [0.25, 0.3) is 0 Å². The van der Waals surface area contributed by atoms with E-state index in [1.807, 2.05) is 0 Å². The molecule has 0 heterocycles. The van der Waals surface area contributed by atoms with E-state index in [4.69, 9.17) is 11.6 Å². The van der Waals surface area contributed by atoms with E-state index in [0.29, 0.717) is 17.0 Å². The van der Waals surface area contributed by atoms with Gasteiger partial charge in [0.05, 0.1) is 5.41 Å². The van der Waals surface area contributed by atoms with Crippen molar-refractivity contribution < 1.29 is 15.0 Å². The minimum atomic E-state index is -1.44. The zero-order chi connectivity index (χ0) is 13.3. The molecule has 1 rings (SSSR count). The number of hydrogen-bond acceptors (Lipinski definition) is 2. The Kier molecular flexibility index (Phi) is 3.84. The van der Waals surface area contributed by atoms with Crippen LogP contribution in [0, 0.1) is 5.41 Å². The summed E-state index contributed by atoms with van der Waals surface area (Å²) < 4.78 is 0. The normalized spacial score (nSPS) is 15.4. The molecule has 0 aliphatic rings. The Morgan fingerprint density at radius 3 is 2.41 bits per heavy atom. The van der Waals surface area contributed by atoms with Gasteiger partial charge in [-0.1, -0.05) is 30.7 Å². The van der Waals surface area contributed by atoms with Gasteiger partial charge in [0, 0.05) is 5.02 Å². The van der Waals surface area contributed by atoms with E-state index < -0.39 is 17.0 Å². The van der Waals surface area contributed by atoms with Crippen LogP contribution in [0.5, 0.6) is 0 Å². The summed E-state index contributed by atoms with van der Waals surface area (Å²) in [5.41, 5.74) is -2.20. The first kappa shape index (κ1) is 14.0. The Labute approximate surface area is 106 Å². The van der Waals surface area contributed by atoms with Gasteiger partial charge < -0.3 is 10.2 Å². The molecule has 0 aliphatic carbocycles. The first-order chi connectivity index (χ1) is 7.75. The van der Waals surface area contributed by atoms with Gasteiger partial charge in [-0.15, -0.1) is 0 Å². The molecule has 1 atom stereocenters. The highest BCUT2D eigenvalue weighted by atomic mass is 35.5. The Hall–Kier alpha value is -1.06. The summed E-state index contributed by atoms with van der Waals surface area (Å²) in [5, 5.41) is 20.4. The van der Waals surface area contributed by atoms with Gasteiger partial charge in [-0.05, 0) is 38.0 Å². The Morgan fingerprint density at radius 1 is 1.41 bits per heavy atom. The first-order valence-corrected chi connectivity index (χ1v) is 5.85. The van der Waals surface area contributed by atoms with E-state index >= 15 is 0 Å². The van der Waals surface area contributed by atoms with Crippen LogP contribution in [0.2, 0.25) is 5.02 Å². The summed E-state index contributed by atoms with van der Waals surface area (Å²) >= 11 is 5.88. The molecule has 1 aromatic carbocycles. The van der Waals surface area contributed by atoms with Gasteiger partial charge in [0.2, 0.25) is 0 Å². The van der Waals surface area contributed by atoms with Gasteiger partial charge >= 0.3 is 5.97 Å². The largest absolute Gasteiger partial charge is 0.481 e. The van der Waals surface area contributed by atoms with E-state index in [1.165, 1.54) is 13.8 Å². The van der Waals surface area contributed by atoms with Crippen molar-refractivity contribution in [2.24, 2.45) is 5.41 Å². The SMILES string of the molecule is CCC(O)(c1cccc(Cl)c1)C(C)(C)C(=O)O. The molecule has 1 unspecified atom stereocenters. The predicted octanol–water partition coefficient (Wildman–Crippen LogP) is 3.05. The molecule has 2 N–H and O–H groups in total. The van der Waals surface area contributed by atoms with Crippen molar-refractivity contribution in [3.63, 3.8) is 0 Å². The molecule has 94 valence electrons. The van der Waals surface area contributed by atoms with E-state index in [1.54, 1.807) is 31.2 Å². The Bertz CT molecular complexity index is 428. The lowest BCUT2D eigenvalue weighted by atomic mass is 9.69. The zero-order valence-corrected chi connectivity index (χ0v) is 11.0. The Morgan fingerprint density at radius 2 is 2.00 bits per heavy atom. The number of rotatable bonds is 4. The first-order valence-electron chi connectivity index (χ1n) is 5.47. The number of hydrogen-bond donors (Lipinski definition) is 2. The van der Waals surface area contributed by atoms with E-state index in [2.05, 4.69) is 0 Å². The maximum atomic E-state index is 11.3. The molecule has 3 nitrogen and oxygen atoms in total. The molecule has 0 radical (unpaired) electrons. The van der Waals surface area contributed by atoms with Crippen LogP contribution in [0.3, 0.4) is 0 Å². The minimum Gasteiger partial charge on any atom is -0.481 e. The topological polar surface area (TPSA) is 57.5 Å². The van der Waals surface area contributed by atoms with E-state index in [-0.39, 0.29) is 0 Å². The van der Waals surface area contributed by atoms with Gasteiger partial charge in [0.15, 0.2) is 0 Å². The number of aliphatic carboxylic acids is 1. The van der Waals surface area contributed by atoms with E-state index in [0.717, 1.165) is 0 Å². The Balaban J connectivity index is 3.35. The molecule has 0 saturated heterocycles. The van der Waals surface area contributed by atoms with Crippen LogP contribution >= 0.6 is 11.6 Å². The lowest BCUT2D eigenvalue weighted by Gasteiger charge is -2.39. The highest BCUT2D eigenvalue weighted by molar-refractivity contribution is 6.30. The quantitative estimate of drug-likeness (QED) is 0.871. The molecule has 0 amide bonds.